The van der Waals surface area contributed by atoms with Crippen molar-refractivity contribution in [2.45, 2.75) is 6.61 Å². The summed E-state index contributed by atoms with van der Waals surface area (Å²) in [5.74, 6) is -0.117. The Hall–Kier alpha value is -1.13. The topological polar surface area (TPSA) is 38.3 Å². The SMILES string of the molecule is C=C(Br)CNC(=O)c1ccccc1COC. The maximum atomic E-state index is 11.8. The highest BCUT2D eigenvalue weighted by Crippen LogP contribution is 2.10. The van der Waals surface area contributed by atoms with Gasteiger partial charge in [-0.3, -0.25) is 4.79 Å². The number of hydrogen-bond acceptors (Lipinski definition) is 2. The Morgan fingerprint density at radius 3 is 2.81 bits per heavy atom. The number of nitrogens with one attached hydrogen (secondary N) is 1. The Bertz CT molecular complexity index is 390. The van der Waals surface area contributed by atoms with Crippen LogP contribution in [-0.4, -0.2) is 19.6 Å². The molecule has 3 nitrogen and oxygen atoms in total. The Kier molecular flexibility index (Phi) is 5.22. The summed E-state index contributed by atoms with van der Waals surface area (Å²) in [6.07, 6.45) is 0. The van der Waals surface area contributed by atoms with Crippen LogP contribution in [0.2, 0.25) is 0 Å². The van der Waals surface area contributed by atoms with Crippen molar-refractivity contribution in [3.05, 3.63) is 46.5 Å². The third kappa shape index (κ3) is 3.79. The van der Waals surface area contributed by atoms with E-state index in [4.69, 9.17) is 4.74 Å². The van der Waals surface area contributed by atoms with E-state index in [1.165, 1.54) is 0 Å². The Balaban J connectivity index is 2.77. The van der Waals surface area contributed by atoms with E-state index in [-0.39, 0.29) is 5.91 Å². The minimum atomic E-state index is -0.117. The predicted octanol–water partition coefficient (Wildman–Crippen LogP) is 2.47. The number of methoxy groups -OCH3 is 1. The average Bonchev–Trinajstić information content (AvgIpc) is 2.27. The van der Waals surface area contributed by atoms with E-state index in [0.29, 0.717) is 18.7 Å². The molecular weight excluding hydrogens is 270 g/mol. The van der Waals surface area contributed by atoms with E-state index < -0.39 is 0 Å². The number of carbonyl (C=O) groups excluding carboxylic acids is 1. The van der Waals surface area contributed by atoms with Gasteiger partial charge in [-0.2, -0.15) is 0 Å². The summed E-state index contributed by atoms with van der Waals surface area (Å²) in [4.78, 5) is 11.8. The van der Waals surface area contributed by atoms with E-state index in [9.17, 15) is 4.79 Å². The fourth-order valence-corrected chi connectivity index (χ4v) is 1.43. The van der Waals surface area contributed by atoms with Gasteiger partial charge in [0.15, 0.2) is 0 Å². The minimum Gasteiger partial charge on any atom is -0.380 e. The van der Waals surface area contributed by atoms with Crippen LogP contribution in [0.4, 0.5) is 0 Å². The lowest BCUT2D eigenvalue weighted by Gasteiger charge is -2.08. The van der Waals surface area contributed by atoms with Gasteiger partial charge in [0.1, 0.15) is 0 Å². The fourth-order valence-electron chi connectivity index (χ4n) is 1.29. The number of rotatable bonds is 5. The van der Waals surface area contributed by atoms with Crippen molar-refractivity contribution in [1.29, 1.82) is 0 Å². The van der Waals surface area contributed by atoms with Gasteiger partial charge in [0.05, 0.1) is 6.61 Å². The molecule has 86 valence electrons. The van der Waals surface area contributed by atoms with Crippen LogP contribution in [0.1, 0.15) is 15.9 Å². The molecule has 1 aromatic carbocycles. The highest BCUT2D eigenvalue weighted by atomic mass is 79.9. The number of carbonyl (C=O) groups is 1. The Morgan fingerprint density at radius 1 is 1.50 bits per heavy atom. The summed E-state index contributed by atoms with van der Waals surface area (Å²) in [6, 6.07) is 7.37. The first-order chi connectivity index (χ1) is 7.65. The zero-order valence-corrected chi connectivity index (χ0v) is 10.7. The third-order valence-corrected chi connectivity index (χ3v) is 2.28. The molecule has 1 N–H and O–H groups in total. The van der Waals surface area contributed by atoms with Crippen LogP contribution in [-0.2, 0) is 11.3 Å². The first-order valence-corrected chi connectivity index (χ1v) is 5.62. The molecular formula is C12H14BrNO2. The summed E-state index contributed by atoms with van der Waals surface area (Å²) in [6.45, 7) is 4.50. The largest absolute Gasteiger partial charge is 0.380 e. The number of hydrogen-bond donors (Lipinski definition) is 1. The number of halogens is 1. The number of amides is 1. The third-order valence-electron chi connectivity index (χ3n) is 2.00. The Morgan fingerprint density at radius 2 is 2.19 bits per heavy atom. The molecule has 1 aromatic rings. The van der Waals surface area contributed by atoms with Gasteiger partial charge in [0.2, 0.25) is 0 Å². The summed E-state index contributed by atoms with van der Waals surface area (Å²) in [7, 11) is 1.61. The minimum absolute atomic E-state index is 0.117. The summed E-state index contributed by atoms with van der Waals surface area (Å²) in [5, 5.41) is 2.76. The maximum absolute atomic E-state index is 11.8. The molecule has 0 aromatic heterocycles. The molecule has 0 unspecified atom stereocenters. The molecule has 0 saturated heterocycles. The molecule has 0 aliphatic carbocycles. The van der Waals surface area contributed by atoms with Crippen molar-refractivity contribution in [2.75, 3.05) is 13.7 Å². The van der Waals surface area contributed by atoms with Crippen LogP contribution in [0.3, 0.4) is 0 Å². The van der Waals surface area contributed by atoms with Gasteiger partial charge >= 0.3 is 0 Å². The fraction of sp³-hybridized carbons (Fsp3) is 0.250. The molecule has 4 heteroatoms. The molecule has 0 radical (unpaired) electrons. The molecule has 16 heavy (non-hydrogen) atoms. The van der Waals surface area contributed by atoms with Crippen LogP contribution in [0, 0.1) is 0 Å². The zero-order chi connectivity index (χ0) is 12.0. The first kappa shape index (κ1) is 12.9. The van der Waals surface area contributed by atoms with Crippen LogP contribution in [0.25, 0.3) is 0 Å². The second-order valence-electron chi connectivity index (χ2n) is 3.29. The lowest BCUT2D eigenvalue weighted by molar-refractivity contribution is 0.0953. The Labute approximate surface area is 104 Å². The van der Waals surface area contributed by atoms with Gasteiger partial charge in [-0.1, -0.05) is 40.7 Å². The monoisotopic (exact) mass is 283 g/mol. The van der Waals surface area contributed by atoms with Gasteiger partial charge in [0, 0.05) is 23.7 Å². The van der Waals surface area contributed by atoms with E-state index in [0.717, 1.165) is 10.0 Å². The lowest BCUT2D eigenvalue weighted by Crippen LogP contribution is -2.25. The molecule has 0 aliphatic heterocycles. The van der Waals surface area contributed by atoms with E-state index in [2.05, 4.69) is 27.8 Å². The smallest absolute Gasteiger partial charge is 0.251 e. The van der Waals surface area contributed by atoms with Gasteiger partial charge in [0.25, 0.3) is 5.91 Å². The molecule has 1 amide bonds. The van der Waals surface area contributed by atoms with Crippen LogP contribution in [0.5, 0.6) is 0 Å². The molecule has 0 aliphatic rings. The molecule has 0 heterocycles. The normalized spacial score (nSPS) is 9.88. The average molecular weight is 284 g/mol. The molecule has 0 atom stereocenters. The lowest BCUT2D eigenvalue weighted by atomic mass is 10.1. The van der Waals surface area contributed by atoms with E-state index >= 15 is 0 Å². The molecule has 0 spiro atoms. The molecule has 1 rings (SSSR count). The number of ether oxygens (including phenoxy) is 1. The standard InChI is InChI=1S/C12H14BrNO2/c1-9(13)7-14-12(15)11-6-4-3-5-10(11)8-16-2/h3-6H,1,7-8H2,2H3,(H,14,15). The first-order valence-electron chi connectivity index (χ1n) is 4.83. The van der Waals surface area contributed by atoms with Crippen molar-refractivity contribution in [3.8, 4) is 0 Å². The van der Waals surface area contributed by atoms with Gasteiger partial charge in [-0.15, -0.1) is 0 Å². The van der Waals surface area contributed by atoms with Gasteiger partial charge in [-0.05, 0) is 11.6 Å². The summed E-state index contributed by atoms with van der Waals surface area (Å²) < 4.78 is 5.78. The van der Waals surface area contributed by atoms with Crippen molar-refractivity contribution in [1.82, 2.24) is 5.32 Å². The maximum Gasteiger partial charge on any atom is 0.251 e. The van der Waals surface area contributed by atoms with E-state index in [1.54, 1.807) is 13.2 Å². The van der Waals surface area contributed by atoms with Gasteiger partial charge in [-0.25, -0.2) is 0 Å². The highest BCUT2D eigenvalue weighted by molar-refractivity contribution is 9.11. The second-order valence-corrected chi connectivity index (χ2v) is 4.41. The van der Waals surface area contributed by atoms with Crippen molar-refractivity contribution in [2.24, 2.45) is 0 Å². The molecule has 0 fully saturated rings. The van der Waals surface area contributed by atoms with Crippen molar-refractivity contribution in [3.63, 3.8) is 0 Å². The predicted molar refractivity (Wildman–Crippen MR) is 67.6 cm³/mol. The summed E-state index contributed by atoms with van der Waals surface area (Å²) >= 11 is 3.19. The van der Waals surface area contributed by atoms with Gasteiger partial charge < -0.3 is 10.1 Å². The molecule has 0 saturated carbocycles. The highest BCUT2D eigenvalue weighted by Gasteiger charge is 2.09. The zero-order valence-electron chi connectivity index (χ0n) is 9.13. The summed E-state index contributed by atoms with van der Waals surface area (Å²) in [5.41, 5.74) is 1.51. The molecule has 0 bridgehead atoms. The quantitative estimate of drug-likeness (QED) is 0.902. The van der Waals surface area contributed by atoms with Crippen molar-refractivity contribution < 1.29 is 9.53 Å². The van der Waals surface area contributed by atoms with Crippen LogP contribution in [0.15, 0.2) is 35.3 Å². The second kappa shape index (κ2) is 6.45. The van der Waals surface area contributed by atoms with Crippen LogP contribution >= 0.6 is 15.9 Å². The van der Waals surface area contributed by atoms with Crippen molar-refractivity contribution >= 4 is 21.8 Å². The van der Waals surface area contributed by atoms with Crippen LogP contribution < -0.4 is 5.32 Å². The number of benzene rings is 1. The van der Waals surface area contributed by atoms with E-state index in [1.807, 2.05) is 18.2 Å².